The average Bonchev–Trinajstić information content (AvgIpc) is 3.05. The van der Waals surface area contributed by atoms with Crippen LogP contribution in [0.15, 0.2) is 23.2 Å². The Balaban J connectivity index is 1.82. The van der Waals surface area contributed by atoms with E-state index >= 15 is 0 Å². The Morgan fingerprint density at radius 1 is 1.30 bits per heavy atom. The molecule has 1 unspecified atom stereocenters. The molecule has 0 radical (unpaired) electrons. The van der Waals surface area contributed by atoms with E-state index in [0.717, 1.165) is 37.8 Å². The summed E-state index contributed by atoms with van der Waals surface area (Å²) in [6.07, 6.45) is 0.946. The van der Waals surface area contributed by atoms with Gasteiger partial charge in [0.25, 0.3) is 0 Å². The third-order valence-corrected chi connectivity index (χ3v) is 4.50. The van der Waals surface area contributed by atoms with E-state index in [-0.39, 0.29) is 17.9 Å². The van der Waals surface area contributed by atoms with Crippen LogP contribution in [-0.4, -0.2) is 55.6 Å². The monoisotopic (exact) mass is 374 g/mol. The third-order valence-electron chi connectivity index (χ3n) is 4.50. The molecule has 1 aliphatic heterocycles. The number of rotatable bonds is 7. The van der Waals surface area contributed by atoms with E-state index in [4.69, 9.17) is 4.74 Å². The van der Waals surface area contributed by atoms with Gasteiger partial charge in [-0.15, -0.1) is 0 Å². The smallest absolute Gasteiger partial charge is 0.225 e. The van der Waals surface area contributed by atoms with Crippen molar-refractivity contribution >= 4 is 11.9 Å². The predicted molar refractivity (Wildman–Crippen MR) is 110 cm³/mol. The predicted octanol–water partition coefficient (Wildman–Crippen LogP) is 2.49. The second-order valence-corrected chi connectivity index (χ2v) is 7.50. The van der Waals surface area contributed by atoms with Gasteiger partial charge < -0.3 is 20.3 Å². The standard InChI is InChI=1S/C21H34N4O2/c1-6-22-21(24-18-7-9-25(14-18)20(26)15(2)3)23-8-10-27-19-12-16(4)11-17(5)13-19/h11-13,15,18H,6-10,14H2,1-5H3,(H2,22,23,24). The molecule has 0 bridgehead atoms. The highest BCUT2D eigenvalue weighted by molar-refractivity contribution is 5.81. The van der Waals surface area contributed by atoms with Crippen molar-refractivity contribution < 1.29 is 9.53 Å². The Hall–Kier alpha value is -2.24. The van der Waals surface area contributed by atoms with Crippen molar-refractivity contribution in [2.75, 3.05) is 32.8 Å². The molecule has 2 rings (SSSR count). The van der Waals surface area contributed by atoms with Crippen molar-refractivity contribution in [3.63, 3.8) is 0 Å². The highest BCUT2D eigenvalue weighted by atomic mass is 16.5. The third kappa shape index (κ3) is 6.77. The largest absolute Gasteiger partial charge is 0.492 e. The lowest BCUT2D eigenvalue weighted by Crippen LogP contribution is -2.45. The SMILES string of the molecule is CCNC(=NCCOc1cc(C)cc(C)c1)NC1CCN(C(=O)C(C)C)C1. The van der Waals surface area contributed by atoms with Crippen LogP contribution in [0.1, 0.15) is 38.3 Å². The number of nitrogens with zero attached hydrogens (tertiary/aromatic N) is 2. The van der Waals surface area contributed by atoms with Gasteiger partial charge in [-0.1, -0.05) is 19.9 Å². The Morgan fingerprint density at radius 2 is 2.00 bits per heavy atom. The number of hydrogen-bond acceptors (Lipinski definition) is 3. The Bertz CT molecular complexity index is 637. The number of amides is 1. The maximum atomic E-state index is 12.1. The fraction of sp³-hybridized carbons (Fsp3) is 0.619. The van der Waals surface area contributed by atoms with Gasteiger partial charge in [0.15, 0.2) is 5.96 Å². The summed E-state index contributed by atoms with van der Waals surface area (Å²) >= 11 is 0. The number of hydrogen-bond donors (Lipinski definition) is 2. The van der Waals surface area contributed by atoms with Gasteiger partial charge in [-0.2, -0.15) is 0 Å². The van der Waals surface area contributed by atoms with Crippen molar-refractivity contribution in [1.82, 2.24) is 15.5 Å². The van der Waals surface area contributed by atoms with E-state index in [9.17, 15) is 4.79 Å². The van der Waals surface area contributed by atoms with E-state index in [1.807, 2.05) is 37.8 Å². The number of benzene rings is 1. The Kier molecular flexibility index (Phi) is 7.95. The summed E-state index contributed by atoms with van der Waals surface area (Å²) in [5.41, 5.74) is 2.40. The lowest BCUT2D eigenvalue weighted by atomic mass is 10.1. The summed E-state index contributed by atoms with van der Waals surface area (Å²) in [6, 6.07) is 6.45. The molecule has 150 valence electrons. The molecule has 1 atom stereocenters. The topological polar surface area (TPSA) is 66.0 Å². The Labute approximate surface area is 163 Å². The van der Waals surface area contributed by atoms with Gasteiger partial charge in [0.2, 0.25) is 5.91 Å². The van der Waals surface area contributed by atoms with Gasteiger partial charge in [-0.3, -0.25) is 4.79 Å². The summed E-state index contributed by atoms with van der Waals surface area (Å²) in [4.78, 5) is 18.7. The number of aliphatic imine (C=N–C) groups is 1. The summed E-state index contributed by atoms with van der Waals surface area (Å²) in [5.74, 6) is 1.95. The zero-order valence-corrected chi connectivity index (χ0v) is 17.3. The number of aryl methyl sites for hydroxylation is 2. The Morgan fingerprint density at radius 3 is 2.63 bits per heavy atom. The molecule has 0 aromatic heterocycles. The maximum absolute atomic E-state index is 12.1. The first-order valence-electron chi connectivity index (χ1n) is 9.93. The molecule has 0 aliphatic carbocycles. The van der Waals surface area contributed by atoms with Gasteiger partial charge in [0.05, 0.1) is 6.54 Å². The summed E-state index contributed by atoms with van der Waals surface area (Å²) in [7, 11) is 0. The highest BCUT2D eigenvalue weighted by Gasteiger charge is 2.27. The quantitative estimate of drug-likeness (QED) is 0.437. The zero-order valence-electron chi connectivity index (χ0n) is 17.3. The first-order chi connectivity index (χ1) is 12.9. The molecular formula is C21H34N4O2. The fourth-order valence-corrected chi connectivity index (χ4v) is 3.29. The van der Waals surface area contributed by atoms with E-state index in [2.05, 4.69) is 35.5 Å². The van der Waals surface area contributed by atoms with Crippen molar-refractivity contribution in [3.8, 4) is 5.75 Å². The molecule has 1 amide bonds. The number of ether oxygens (including phenoxy) is 1. The molecular weight excluding hydrogens is 340 g/mol. The average molecular weight is 375 g/mol. The van der Waals surface area contributed by atoms with E-state index < -0.39 is 0 Å². The van der Waals surface area contributed by atoms with Crippen LogP contribution in [-0.2, 0) is 4.79 Å². The zero-order chi connectivity index (χ0) is 19.8. The first kappa shape index (κ1) is 21.1. The minimum Gasteiger partial charge on any atom is -0.492 e. The number of carbonyl (C=O) groups excluding carboxylic acids is 1. The van der Waals surface area contributed by atoms with E-state index in [1.165, 1.54) is 11.1 Å². The fourth-order valence-electron chi connectivity index (χ4n) is 3.29. The molecule has 1 aromatic rings. The molecule has 0 saturated carbocycles. The number of nitrogens with one attached hydrogen (secondary N) is 2. The normalized spacial score (nSPS) is 17.3. The molecule has 1 heterocycles. The molecule has 0 spiro atoms. The number of likely N-dealkylation sites (tertiary alicyclic amines) is 1. The minimum atomic E-state index is 0.0491. The van der Waals surface area contributed by atoms with E-state index in [1.54, 1.807) is 0 Å². The molecule has 27 heavy (non-hydrogen) atoms. The van der Waals surface area contributed by atoms with Gasteiger partial charge in [-0.05, 0) is 50.5 Å². The van der Waals surface area contributed by atoms with Crippen LogP contribution in [0.3, 0.4) is 0 Å². The van der Waals surface area contributed by atoms with Crippen LogP contribution in [0.2, 0.25) is 0 Å². The first-order valence-corrected chi connectivity index (χ1v) is 9.93. The molecule has 1 fully saturated rings. The molecule has 2 N–H and O–H groups in total. The molecule has 1 aromatic carbocycles. The molecule has 1 saturated heterocycles. The van der Waals surface area contributed by atoms with Gasteiger partial charge in [0, 0.05) is 31.6 Å². The van der Waals surface area contributed by atoms with E-state index in [0.29, 0.717) is 13.2 Å². The number of carbonyl (C=O) groups is 1. The van der Waals surface area contributed by atoms with Crippen molar-refractivity contribution in [1.29, 1.82) is 0 Å². The van der Waals surface area contributed by atoms with Gasteiger partial charge >= 0.3 is 0 Å². The van der Waals surface area contributed by atoms with Gasteiger partial charge in [0.1, 0.15) is 12.4 Å². The second-order valence-electron chi connectivity index (χ2n) is 7.50. The molecule has 1 aliphatic rings. The minimum absolute atomic E-state index is 0.0491. The van der Waals surface area contributed by atoms with Crippen LogP contribution in [0.4, 0.5) is 0 Å². The summed E-state index contributed by atoms with van der Waals surface area (Å²) < 4.78 is 5.83. The molecule has 6 heteroatoms. The summed E-state index contributed by atoms with van der Waals surface area (Å²) in [5, 5.41) is 6.72. The molecule has 6 nitrogen and oxygen atoms in total. The number of guanidine groups is 1. The van der Waals surface area contributed by atoms with Crippen LogP contribution in [0.25, 0.3) is 0 Å². The second kappa shape index (κ2) is 10.2. The van der Waals surface area contributed by atoms with Crippen molar-refractivity contribution in [2.45, 2.75) is 47.1 Å². The lowest BCUT2D eigenvalue weighted by molar-refractivity contribution is -0.133. The lowest BCUT2D eigenvalue weighted by Gasteiger charge is -2.20. The van der Waals surface area contributed by atoms with Crippen molar-refractivity contribution in [2.24, 2.45) is 10.9 Å². The maximum Gasteiger partial charge on any atom is 0.225 e. The highest BCUT2D eigenvalue weighted by Crippen LogP contribution is 2.16. The van der Waals surface area contributed by atoms with Crippen LogP contribution in [0.5, 0.6) is 5.75 Å². The van der Waals surface area contributed by atoms with Crippen LogP contribution in [0, 0.1) is 19.8 Å². The van der Waals surface area contributed by atoms with Crippen LogP contribution < -0.4 is 15.4 Å². The van der Waals surface area contributed by atoms with Crippen LogP contribution >= 0.6 is 0 Å². The summed E-state index contributed by atoms with van der Waals surface area (Å²) in [6.45, 7) is 13.5. The van der Waals surface area contributed by atoms with Gasteiger partial charge in [-0.25, -0.2) is 4.99 Å². The van der Waals surface area contributed by atoms with Crippen molar-refractivity contribution in [3.05, 3.63) is 29.3 Å².